The van der Waals surface area contributed by atoms with Crippen molar-refractivity contribution in [1.82, 2.24) is 14.9 Å². The Morgan fingerprint density at radius 3 is 2.64 bits per heavy atom. The summed E-state index contributed by atoms with van der Waals surface area (Å²) in [4.78, 5) is 24.3. The Hall–Kier alpha value is -2.00. The van der Waals surface area contributed by atoms with Gasteiger partial charge < -0.3 is 20.1 Å². The van der Waals surface area contributed by atoms with Crippen LogP contribution in [0.1, 0.15) is 32.1 Å². The van der Waals surface area contributed by atoms with Gasteiger partial charge in [0.2, 0.25) is 5.95 Å². The monoisotopic (exact) mass is 393 g/mol. The minimum absolute atomic E-state index is 0.0701. The fraction of sp³-hybridized carbons (Fsp3) is 0.737. The number of nitrogens with zero attached hydrogens (tertiary/aromatic N) is 4. The average Bonchev–Trinajstić information content (AvgIpc) is 3.29. The van der Waals surface area contributed by atoms with Crippen molar-refractivity contribution >= 4 is 12.0 Å². The Morgan fingerprint density at radius 1 is 1.25 bits per heavy atom. The second-order valence-electron chi connectivity index (χ2n) is 7.91. The molecule has 0 unspecified atom stereocenters. The molecule has 3 aliphatic rings. The van der Waals surface area contributed by atoms with E-state index in [2.05, 4.69) is 9.97 Å². The maximum absolute atomic E-state index is 13.0. The quantitative estimate of drug-likeness (QED) is 0.829. The molecule has 9 heteroatoms. The number of amides is 1. The van der Waals surface area contributed by atoms with Gasteiger partial charge in [-0.2, -0.15) is 0 Å². The minimum Gasteiger partial charge on any atom is -0.453 e. The maximum atomic E-state index is 13.0. The highest BCUT2D eigenvalue weighted by atomic mass is 19.1. The summed E-state index contributed by atoms with van der Waals surface area (Å²) in [6, 6.07) is -0.0333. The molecule has 4 rings (SSSR count). The van der Waals surface area contributed by atoms with E-state index in [1.54, 1.807) is 0 Å². The number of piperidine rings is 1. The van der Waals surface area contributed by atoms with Crippen molar-refractivity contribution in [3.05, 3.63) is 18.2 Å². The van der Waals surface area contributed by atoms with Gasteiger partial charge in [-0.15, -0.1) is 0 Å². The van der Waals surface area contributed by atoms with Crippen molar-refractivity contribution in [2.75, 3.05) is 31.7 Å². The molecule has 1 aromatic rings. The van der Waals surface area contributed by atoms with Crippen molar-refractivity contribution in [2.24, 2.45) is 11.7 Å². The molecule has 3 fully saturated rings. The molecular weight excluding hydrogens is 365 g/mol. The first kappa shape index (κ1) is 19.3. The molecule has 0 radical (unpaired) electrons. The molecule has 1 saturated carbocycles. The molecular formula is C19H28FN5O3. The number of hydrogen-bond donors (Lipinski definition) is 1. The summed E-state index contributed by atoms with van der Waals surface area (Å²) in [5, 5.41) is 0. The van der Waals surface area contributed by atoms with Crippen LogP contribution in [0.5, 0.6) is 0 Å². The second-order valence-corrected chi connectivity index (χ2v) is 7.91. The lowest BCUT2D eigenvalue weighted by Crippen LogP contribution is -2.49. The summed E-state index contributed by atoms with van der Waals surface area (Å²) >= 11 is 0. The van der Waals surface area contributed by atoms with Gasteiger partial charge in [-0.05, 0) is 31.6 Å². The van der Waals surface area contributed by atoms with Gasteiger partial charge in [0.15, 0.2) is 5.82 Å². The molecule has 4 atom stereocenters. The van der Waals surface area contributed by atoms with E-state index in [9.17, 15) is 9.18 Å². The minimum atomic E-state index is -0.435. The Morgan fingerprint density at radius 2 is 1.96 bits per heavy atom. The Bertz CT molecular complexity index is 683. The summed E-state index contributed by atoms with van der Waals surface area (Å²) < 4.78 is 24.2. The first-order valence-corrected chi connectivity index (χ1v) is 10.0. The van der Waals surface area contributed by atoms with Gasteiger partial charge in [0.05, 0.1) is 38.3 Å². The van der Waals surface area contributed by atoms with E-state index in [1.165, 1.54) is 19.5 Å². The van der Waals surface area contributed by atoms with Crippen LogP contribution in [0.4, 0.5) is 15.1 Å². The number of likely N-dealkylation sites (tertiary alicyclic amines) is 1. The van der Waals surface area contributed by atoms with E-state index in [-0.39, 0.29) is 30.3 Å². The third kappa shape index (κ3) is 3.65. The van der Waals surface area contributed by atoms with Gasteiger partial charge in [0.25, 0.3) is 0 Å². The first-order chi connectivity index (χ1) is 13.6. The predicted octanol–water partition coefficient (Wildman–Crippen LogP) is 1.55. The van der Waals surface area contributed by atoms with Crippen LogP contribution in [0.25, 0.3) is 0 Å². The number of carbonyl (C=O) groups excluding carboxylic acids is 1. The van der Waals surface area contributed by atoms with Crippen LogP contribution in [-0.2, 0) is 9.47 Å². The molecule has 2 saturated heterocycles. The predicted molar refractivity (Wildman–Crippen MR) is 100 cm³/mol. The second kappa shape index (κ2) is 8.16. The molecule has 1 aliphatic carbocycles. The zero-order chi connectivity index (χ0) is 19.7. The Labute approximate surface area is 164 Å². The van der Waals surface area contributed by atoms with Crippen LogP contribution in [0, 0.1) is 11.7 Å². The van der Waals surface area contributed by atoms with Gasteiger partial charge in [-0.25, -0.2) is 19.2 Å². The molecule has 0 spiro atoms. The number of fused-ring (bicyclic) bond motifs is 1. The number of anilines is 1. The lowest BCUT2D eigenvalue weighted by molar-refractivity contribution is -0.00109. The van der Waals surface area contributed by atoms with Crippen molar-refractivity contribution in [3.63, 3.8) is 0 Å². The fourth-order valence-corrected chi connectivity index (χ4v) is 4.97. The number of rotatable bonds is 4. The number of carbonyl (C=O) groups is 1. The number of ether oxygens (including phenoxy) is 2. The smallest absolute Gasteiger partial charge is 0.410 e. The topological polar surface area (TPSA) is 93.8 Å². The number of aromatic nitrogens is 2. The summed E-state index contributed by atoms with van der Waals surface area (Å²) in [6.07, 6.45) is 6.97. The van der Waals surface area contributed by atoms with Crippen LogP contribution >= 0.6 is 0 Å². The molecule has 28 heavy (non-hydrogen) atoms. The number of methoxy groups -OCH3 is 1. The normalized spacial score (nSPS) is 30.5. The number of hydrogen-bond acceptors (Lipinski definition) is 7. The van der Waals surface area contributed by atoms with Crippen molar-refractivity contribution < 1.29 is 18.7 Å². The highest BCUT2D eigenvalue weighted by molar-refractivity contribution is 5.69. The fourth-order valence-electron chi connectivity index (χ4n) is 4.97. The highest BCUT2D eigenvalue weighted by Gasteiger charge is 2.51. The molecule has 2 N–H and O–H groups in total. The molecule has 0 aromatic carbocycles. The van der Waals surface area contributed by atoms with E-state index in [0.29, 0.717) is 18.5 Å². The zero-order valence-corrected chi connectivity index (χ0v) is 16.2. The van der Waals surface area contributed by atoms with Crippen molar-refractivity contribution in [2.45, 2.75) is 56.3 Å². The third-order valence-corrected chi connectivity index (χ3v) is 6.40. The van der Waals surface area contributed by atoms with E-state index >= 15 is 0 Å². The van der Waals surface area contributed by atoms with E-state index in [4.69, 9.17) is 15.2 Å². The van der Waals surface area contributed by atoms with Gasteiger partial charge in [-0.1, -0.05) is 6.42 Å². The molecule has 154 valence electrons. The summed E-state index contributed by atoms with van der Waals surface area (Å²) in [5.74, 6) is 0.447. The molecule has 1 amide bonds. The average molecular weight is 393 g/mol. The summed E-state index contributed by atoms with van der Waals surface area (Å²) in [5.41, 5.74) is 6.49. The molecule has 2 aliphatic heterocycles. The van der Waals surface area contributed by atoms with Gasteiger partial charge in [-0.3, -0.25) is 4.90 Å². The molecule has 3 heterocycles. The lowest BCUT2D eigenvalue weighted by atomic mass is 9.96. The third-order valence-electron chi connectivity index (χ3n) is 6.40. The number of halogens is 1. The zero-order valence-electron chi connectivity index (χ0n) is 16.2. The van der Waals surface area contributed by atoms with E-state index < -0.39 is 5.82 Å². The van der Waals surface area contributed by atoms with E-state index in [0.717, 1.165) is 45.2 Å². The van der Waals surface area contributed by atoms with Crippen LogP contribution in [-0.4, -0.2) is 72.0 Å². The Balaban J connectivity index is 1.32. The molecule has 8 nitrogen and oxygen atoms in total. The van der Waals surface area contributed by atoms with Crippen LogP contribution in [0.2, 0.25) is 0 Å². The van der Waals surface area contributed by atoms with Gasteiger partial charge in [0.1, 0.15) is 0 Å². The lowest BCUT2D eigenvalue weighted by Gasteiger charge is -2.34. The van der Waals surface area contributed by atoms with Crippen LogP contribution in [0.15, 0.2) is 12.4 Å². The highest BCUT2D eigenvalue weighted by Crippen LogP contribution is 2.41. The van der Waals surface area contributed by atoms with Crippen LogP contribution in [0.3, 0.4) is 0 Å². The largest absolute Gasteiger partial charge is 0.453 e. The summed E-state index contributed by atoms with van der Waals surface area (Å²) in [6.45, 7) is 1.93. The van der Waals surface area contributed by atoms with Gasteiger partial charge >= 0.3 is 6.09 Å². The van der Waals surface area contributed by atoms with Crippen LogP contribution < -0.4 is 10.6 Å². The van der Waals surface area contributed by atoms with Crippen molar-refractivity contribution in [3.8, 4) is 0 Å². The summed E-state index contributed by atoms with van der Waals surface area (Å²) in [7, 11) is 1.42. The number of nitrogens with two attached hydrogens (primary N) is 1. The molecule has 1 aromatic heterocycles. The standard InChI is InChI=1S/C19H28FN5O3/c1-27-19(26)25-15-4-2-3-14(15)17(21)16(25)11-28-13-5-7-24(8-6-13)18-22-9-12(20)10-23-18/h9-10,13-17H,2-8,11,21H2,1H3/t14-,15+,16-,17-/m0/s1. The first-order valence-electron chi connectivity index (χ1n) is 10.0. The SMILES string of the molecule is COC(=O)N1[C@@H]2CCC[C@@H]2[C@H](N)[C@@H]1COC1CCN(c2ncc(F)cn2)CC1. The van der Waals surface area contributed by atoms with Crippen molar-refractivity contribution in [1.29, 1.82) is 0 Å². The molecule has 0 bridgehead atoms. The van der Waals surface area contributed by atoms with Gasteiger partial charge in [0, 0.05) is 25.2 Å². The Kier molecular flexibility index (Phi) is 5.63. The van der Waals surface area contributed by atoms with E-state index in [1.807, 2.05) is 9.80 Å². The maximum Gasteiger partial charge on any atom is 0.410 e.